The zero-order valence-electron chi connectivity index (χ0n) is 19.8. The lowest BCUT2D eigenvalue weighted by Crippen LogP contribution is -2.30. The third kappa shape index (κ3) is 5.40. The molecule has 0 fully saturated rings. The SMILES string of the molecule is CC(C)Cc1nc(Cl)c(C(=O)O)n1Cc1ccc2oc(-c3ccccc3NS(=O)(=O)C(F)(F)F)c(Br)c2c1. The molecule has 0 aliphatic carbocycles. The van der Waals surface area contributed by atoms with Crippen LogP contribution in [-0.4, -0.2) is 34.6 Å². The summed E-state index contributed by atoms with van der Waals surface area (Å²) in [6.07, 6.45) is 0.499. The molecule has 0 saturated heterocycles. The average Bonchev–Trinajstić information content (AvgIpc) is 3.28. The molecule has 2 aromatic heterocycles. The first kappa shape index (κ1) is 28.0. The minimum atomic E-state index is -5.66. The number of fused-ring (bicyclic) bond motifs is 1. The minimum absolute atomic E-state index is 0.0822. The summed E-state index contributed by atoms with van der Waals surface area (Å²) in [7, 11) is -5.66. The number of aromatic carboxylic acids is 1. The van der Waals surface area contributed by atoms with E-state index in [4.69, 9.17) is 16.0 Å². The van der Waals surface area contributed by atoms with E-state index in [1.807, 2.05) is 13.8 Å². The summed E-state index contributed by atoms with van der Waals surface area (Å²) in [4.78, 5) is 16.1. The van der Waals surface area contributed by atoms with E-state index in [0.717, 1.165) is 0 Å². The maximum Gasteiger partial charge on any atom is 0.516 e. The number of carbonyl (C=O) groups is 1. The van der Waals surface area contributed by atoms with E-state index in [1.165, 1.54) is 28.8 Å². The van der Waals surface area contributed by atoms with Gasteiger partial charge in [0.2, 0.25) is 0 Å². The van der Waals surface area contributed by atoms with E-state index in [-0.39, 0.29) is 40.3 Å². The van der Waals surface area contributed by atoms with Crippen LogP contribution in [0.2, 0.25) is 5.15 Å². The highest BCUT2D eigenvalue weighted by Gasteiger charge is 2.46. The molecule has 2 N–H and O–H groups in total. The number of sulfonamides is 1. The predicted molar refractivity (Wildman–Crippen MR) is 140 cm³/mol. The summed E-state index contributed by atoms with van der Waals surface area (Å²) in [5, 5.41) is 10.1. The third-order valence-electron chi connectivity index (χ3n) is 5.55. The number of imidazole rings is 1. The van der Waals surface area contributed by atoms with Gasteiger partial charge in [-0.25, -0.2) is 9.78 Å². The maximum absolute atomic E-state index is 13.0. The number of para-hydroxylation sites is 1. The molecule has 0 unspecified atom stereocenters. The second kappa shape index (κ2) is 10.3. The number of alkyl halides is 3. The number of benzene rings is 2. The number of aromatic nitrogens is 2. The number of rotatable bonds is 8. The Morgan fingerprint density at radius 2 is 1.92 bits per heavy atom. The van der Waals surface area contributed by atoms with Gasteiger partial charge in [-0.2, -0.15) is 21.6 Å². The van der Waals surface area contributed by atoms with E-state index in [1.54, 1.807) is 22.9 Å². The fourth-order valence-corrected chi connectivity index (χ4v) is 5.37. The standard InChI is InChI=1S/C24H20BrClF3N3O5S/c1-12(2)9-18-30-22(26)20(23(33)34)32(18)11-13-7-8-17-15(10-13)19(25)21(37-17)14-5-3-4-6-16(14)31-38(35,36)24(27,28)29/h3-8,10,12,31H,9,11H2,1-2H3,(H,33,34). The summed E-state index contributed by atoms with van der Waals surface area (Å²) in [5.74, 6) is -0.407. The van der Waals surface area contributed by atoms with Crippen LogP contribution in [-0.2, 0) is 23.0 Å². The van der Waals surface area contributed by atoms with Crippen molar-refractivity contribution in [3.05, 3.63) is 69.2 Å². The number of hydrogen-bond acceptors (Lipinski definition) is 5. The third-order valence-corrected chi connectivity index (χ3v) is 7.70. The number of nitrogens with one attached hydrogen (secondary N) is 1. The number of carboxylic acid groups (broad SMARTS) is 1. The van der Waals surface area contributed by atoms with Crippen LogP contribution in [0.1, 0.15) is 35.7 Å². The molecule has 0 spiro atoms. The molecule has 38 heavy (non-hydrogen) atoms. The Morgan fingerprint density at radius 1 is 1.24 bits per heavy atom. The summed E-state index contributed by atoms with van der Waals surface area (Å²) < 4.78 is 71.7. The first-order valence-corrected chi connectivity index (χ1v) is 13.7. The Bertz CT molecular complexity index is 1650. The molecule has 2 aromatic carbocycles. The van der Waals surface area contributed by atoms with Crippen molar-refractivity contribution in [2.24, 2.45) is 5.92 Å². The van der Waals surface area contributed by atoms with Crippen molar-refractivity contribution in [3.8, 4) is 11.3 Å². The van der Waals surface area contributed by atoms with Crippen molar-refractivity contribution in [2.45, 2.75) is 32.3 Å². The lowest BCUT2D eigenvalue weighted by atomic mass is 10.1. The van der Waals surface area contributed by atoms with Gasteiger partial charge in [-0.15, -0.1) is 0 Å². The zero-order valence-corrected chi connectivity index (χ0v) is 23.0. The number of furan rings is 1. The Labute approximate surface area is 228 Å². The van der Waals surface area contributed by atoms with Crippen LogP contribution in [0.3, 0.4) is 0 Å². The Hall–Kier alpha value is -3.03. The van der Waals surface area contributed by atoms with Crippen LogP contribution in [0.25, 0.3) is 22.3 Å². The van der Waals surface area contributed by atoms with E-state index in [0.29, 0.717) is 33.3 Å². The largest absolute Gasteiger partial charge is 0.516 e. The molecule has 0 saturated carbocycles. The summed E-state index contributed by atoms with van der Waals surface area (Å²) in [5.41, 5.74) is -4.83. The van der Waals surface area contributed by atoms with Crippen LogP contribution in [0, 0.1) is 5.92 Å². The van der Waals surface area contributed by atoms with Gasteiger partial charge in [0.25, 0.3) is 0 Å². The van der Waals surface area contributed by atoms with Crippen molar-refractivity contribution < 1.29 is 35.9 Å². The monoisotopic (exact) mass is 633 g/mol. The van der Waals surface area contributed by atoms with Gasteiger partial charge in [-0.1, -0.05) is 43.6 Å². The van der Waals surface area contributed by atoms with Gasteiger partial charge in [0.1, 0.15) is 11.4 Å². The Kier molecular flexibility index (Phi) is 7.56. The Balaban J connectivity index is 1.77. The molecule has 0 atom stereocenters. The molecule has 14 heteroatoms. The van der Waals surface area contributed by atoms with Gasteiger partial charge < -0.3 is 14.1 Å². The minimum Gasteiger partial charge on any atom is -0.476 e. The van der Waals surface area contributed by atoms with E-state index in [2.05, 4.69) is 20.9 Å². The molecule has 0 aliphatic rings. The van der Waals surface area contributed by atoms with Crippen LogP contribution < -0.4 is 4.72 Å². The lowest BCUT2D eigenvalue weighted by molar-refractivity contribution is -0.0429. The fourth-order valence-electron chi connectivity index (χ4n) is 3.90. The normalized spacial score (nSPS) is 12.4. The number of carboxylic acids is 1. The highest BCUT2D eigenvalue weighted by atomic mass is 79.9. The number of nitrogens with zero attached hydrogens (tertiary/aromatic N) is 2. The van der Waals surface area contributed by atoms with Gasteiger partial charge in [0, 0.05) is 23.9 Å². The first-order valence-electron chi connectivity index (χ1n) is 11.1. The van der Waals surface area contributed by atoms with E-state index >= 15 is 0 Å². The predicted octanol–water partition coefficient (Wildman–Crippen LogP) is 6.92. The maximum atomic E-state index is 13.0. The molecule has 4 rings (SSSR count). The zero-order chi connectivity index (χ0) is 28.0. The smallest absolute Gasteiger partial charge is 0.476 e. The number of hydrogen-bond donors (Lipinski definition) is 2. The van der Waals surface area contributed by atoms with Gasteiger partial charge in [-0.3, -0.25) is 4.72 Å². The van der Waals surface area contributed by atoms with Crippen molar-refractivity contribution in [1.82, 2.24) is 9.55 Å². The van der Waals surface area contributed by atoms with Crippen molar-refractivity contribution in [2.75, 3.05) is 4.72 Å². The highest BCUT2D eigenvalue weighted by Crippen LogP contribution is 2.42. The lowest BCUT2D eigenvalue weighted by Gasteiger charge is -2.13. The average molecular weight is 635 g/mol. The summed E-state index contributed by atoms with van der Waals surface area (Å²) >= 11 is 9.54. The first-order chi connectivity index (χ1) is 17.7. The summed E-state index contributed by atoms with van der Waals surface area (Å²) in [6.45, 7) is 4.07. The van der Waals surface area contributed by atoms with Crippen LogP contribution in [0.5, 0.6) is 0 Å². The molecule has 0 aliphatic heterocycles. The van der Waals surface area contributed by atoms with Crippen LogP contribution >= 0.6 is 27.5 Å². The van der Waals surface area contributed by atoms with Crippen molar-refractivity contribution in [3.63, 3.8) is 0 Å². The molecule has 2 heterocycles. The highest BCUT2D eigenvalue weighted by molar-refractivity contribution is 9.10. The molecule has 8 nitrogen and oxygen atoms in total. The molecular formula is C24H20BrClF3N3O5S. The van der Waals surface area contributed by atoms with Gasteiger partial charge in [0.05, 0.1) is 10.2 Å². The van der Waals surface area contributed by atoms with E-state index < -0.39 is 21.5 Å². The van der Waals surface area contributed by atoms with Crippen molar-refractivity contribution in [1.29, 1.82) is 0 Å². The van der Waals surface area contributed by atoms with Crippen LogP contribution in [0.4, 0.5) is 18.9 Å². The molecular weight excluding hydrogens is 615 g/mol. The fraction of sp³-hybridized carbons (Fsp3) is 0.250. The molecule has 0 radical (unpaired) electrons. The van der Waals surface area contributed by atoms with E-state index in [9.17, 15) is 31.5 Å². The van der Waals surface area contributed by atoms with Crippen LogP contribution in [0.15, 0.2) is 51.4 Å². The quantitative estimate of drug-likeness (QED) is 0.218. The van der Waals surface area contributed by atoms with Gasteiger partial charge in [-0.05, 0) is 51.7 Å². The summed E-state index contributed by atoms with van der Waals surface area (Å²) in [6, 6.07) is 10.6. The van der Waals surface area contributed by atoms with Gasteiger partial charge in [0.15, 0.2) is 16.6 Å². The van der Waals surface area contributed by atoms with Crippen molar-refractivity contribution >= 4 is 60.2 Å². The van der Waals surface area contributed by atoms with Gasteiger partial charge >= 0.3 is 21.5 Å². The topological polar surface area (TPSA) is 114 Å². The Morgan fingerprint density at radius 3 is 2.55 bits per heavy atom. The number of anilines is 1. The number of halogens is 5. The molecule has 0 bridgehead atoms. The second-order valence-electron chi connectivity index (χ2n) is 8.83. The molecule has 4 aromatic rings. The molecule has 202 valence electrons. The second-order valence-corrected chi connectivity index (χ2v) is 11.7. The molecule has 0 amide bonds.